The van der Waals surface area contributed by atoms with Crippen molar-refractivity contribution in [3.63, 3.8) is 0 Å². The van der Waals surface area contributed by atoms with Gasteiger partial charge in [-0.1, -0.05) is 65.7 Å². The van der Waals surface area contributed by atoms with Crippen LogP contribution >= 0.6 is 15.9 Å². The molecule has 1 atom stereocenters. The predicted molar refractivity (Wildman–Crippen MR) is 85.3 cm³/mol. The lowest BCUT2D eigenvalue weighted by Gasteiger charge is -2.16. The molecular weight excluding hydrogens is 298 g/mol. The highest BCUT2D eigenvalue weighted by atomic mass is 79.9. The van der Waals surface area contributed by atoms with E-state index in [1.807, 2.05) is 0 Å². The van der Waals surface area contributed by atoms with Crippen molar-refractivity contribution in [2.75, 3.05) is 0 Å². The Balaban J connectivity index is 2.32. The lowest BCUT2D eigenvalue weighted by Crippen LogP contribution is -2.12. The average Bonchev–Trinajstić information content (AvgIpc) is 2.39. The third-order valence-electron chi connectivity index (χ3n) is 3.34. The van der Waals surface area contributed by atoms with E-state index in [1.54, 1.807) is 0 Å². The van der Waals surface area contributed by atoms with Crippen LogP contribution in [0.2, 0.25) is 0 Å². The maximum absolute atomic E-state index is 6.40. The molecule has 0 heterocycles. The molecule has 0 fully saturated rings. The molecule has 0 aromatic heterocycles. The minimum atomic E-state index is -0.0771. The van der Waals surface area contributed by atoms with Gasteiger partial charge in [0.1, 0.15) is 0 Å². The molecule has 0 aliphatic carbocycles. The Bertz CT molecular complexity index is 563. The highest BCUT2D eigenvalue weighted by Gasteiger charge is 2.12. The summed E-state index contributed by atoms with van der Waals surface area (Å²) in [6, 6.07) is 14.9. The van der Waals surface area contributed by atoms with Gasteiger partial charge in [0.15, 0.2) is 0 Å². The van der Waals surface area contributed by atoms with Crippen molar-refractivity contribution >= 4 is 15.9 Å². The first kappa shape index (κ1) is 14.3. The van der Waals surface area contributed by atoms with Crippen LogP contribution in [0.25, 0.3) is 0 Å². The summed E-state index contributed by atoms with van der Waals surface area (Å²) >= 11 is 3.61. The fraction of sp³-hybridized carbons (Fsp3) is 0.294. The first-order valence-electron chi connectivity index (χ1n) is 6.72. The molecule has 19 heavy (non-hydrogen) atoms. The summed E-state index contributed by atoms with van der Waals surface area (Å²) < 4.78 is 1.08. The third-order valence-corrected chi connectivity index (χ3v) is 4.03. The van der Waals surface area contributed by atoms with Crippen LogP contribution in [0.1, 0.15) is 41.6 Å². The predicted octanol–water partition coefficient (Wildman–Crippen LogP) is 4.76. The zero-order valence-electron chi connectivity index (χ0n) is 11.5. The fourth-order valence-electron chi connectivity index (χ4n) is 2.29. The van der Waals surface area contributed by atoms with Gasteiger partial charge in [-0.05, 0) is 41.7 Å². The summed E-state index contributed by atoms with van der Waals surface area (Å²) in [5.41, 5.74) is 11.3. The molecule has 0 saturated carbocycles. The second kappa shape index (κ2) is 6.36. The van der Waals surface area contributed by atoms with Crippen LogP contribution in [0.4, 0.5) is 0 Å². The molecule has 0 bridgehead atoms. The Hall–Kier alpha value is -1.12. The zero-order chi connectivity index (χ0) is 13.8. The van der Waals surface area contributed by atoms with E-state index in [4.69, 9.17) is 5.73 Å². The molecule has 2 aromatic rings. The Morgan fingerprint density at radius 1 is 1.16 bits per heavy atom. The van der Waals surface area contributed by atoms with Gasteiger partial charge >= 0.3 is 0 Å². The molecule has 100 valence electrons. The van der Waals surface area contributed by atoms with Gasteiger partial charge in [0.05, 0.1) is 6.04 Å². The van der Waals surface area contributed by atoms with E-state index in [-0.39, 0.29) is 6.04 Å². The Kier molecular flexibility index (Phi) is 4.78. The molecular formula is C17H20BrN. The molecule has 0 aliphatic heterocycles. The smallest absolute Gasteiger partial charge is 0.0562 e. The van der Waals surface area contributed by atoms with Crippen molar-refractivity contribution in [1.29, 1.82) is 0 Å². The first-order valence-corrected chi connectivity index (χ1v) is 7.51. The summed E-state index contributed by atoms with van der Waals surface area (Å²) in [6.45, 7) is 4.28. The van der Waals surface area contributed by atoms with Gasteiger partial charge < -0.3 is 5.73 Å². The number of hydrogen-bond acceptors (Lipinski definition) is 1. The number of rotatable bonds is 4. The van der Waals surface area contributed by atoms with Gasteiger partial charge in [-0.25, -0.2) is 0 Å². The summed E-state index contributed by atoms with van der Waals surface area (Å²) in [4.78, 5) is 0. The van der Waals surface area contributed by atoms with Crippen molar-refractivity contribution in [3.8, 4) is 0 Å². The highest BCUT2D eigenvalue weighted by molar-refractivity contribution is 9.10. The maximum Gasteiger partial charge on any atom is 0.0562 e. The lowest BCUT2D eigenvalue weighted by molar-refractivity contribution is 0.853. The summed E-state index contributed by atoms with van der Waals surface area (Å²) in [7, 11) is 0. The molecule has 0 spiro atoms. The van der Waals surface area contributed by atoms with Crippen molar-refractivity contribution < 1.29 is 0 Å². The molecule has 0 radical (unpaired) electrons. The van der Waals surface area contributed by atoms with Gasteiger partial charge in [0, 0.05) is 4.47 Å². The molecule has 2 heteroatoms. The number of halogens is 1. The third kappa shape index (κ3) is 3.46. The Labute approximate surface area is 124 Å². The van der Waals surface area contributed by atoms with Crippen molar-refractivity contribution in [3.05, 3.63) is 69.2 Å². The van der Waals surface area contributed by atoms with E-state index < -0.39 is 0 Å². The minimum Gasteiger partial charge on any atom is -0.320 e. The molecule has 2 rings (SSSR count). The van der Waals surface area contributed by atoms with E-state index in [9.17, 15) is 0 Å². The standard InChI is InChI=1S/C17H20BrN/c1-3-5-13-6-4-7-14(11-13)17(19)15-9-8-12(2)10-16(15)18/h4,6-11,17H,3,5,19H2,1-2H3. The first-order chi connectivity index (χ1) is 9.11. The zero-order valence-corrected chi connectivity index (χ0v) is 13.1. The van der Waals surface area contributed by atoms with Gasteiger partial charge in [0.2, 0.25) is 0 Å². The summed E-state index contributed by atoms with van der Waals surface area (Å²) in [6.07, 6.45) is 2.27. The van der Waals surface area contributed by atoms with Crippen LogP contribution in [0.3, 0.4) is 0 Å². The van der Waals surface area contributed by atoms with E-state index in [0.717, 1.165) is 22.9 Å². The van der Waals surface area contributed by atoms with Crippen molar-refractivity contribution in [1.82, 2.24) is 0 Å². The van der Waals surface area contributed by atoms with E-state index in [1.165, 1.54) is 16.7 Å². The minimum absolute atomic E-state index is 0.0771. The second-order valence-electron chi connectivity index (χ2n) is 5.00. The SMILES string of the molecule is CCCc1cccc(C(N)c2ccc(C)cc2Br)c1. The van der Waals surface area contributed by atoms with Gasteiger partial charge in [-0.15, -0.1) is 0 Å². The summed E-state index contributed by atoms with van der Waals surface area (Å²) in [5.74, 6) is 0. The number of hydrogen-bond donors (Lipinski definition) is 1. The Morgan fingerprint density at radius 2 is 1.95 bits per heavy atom. The van der Waals surface area contributed by atoms with E-state index in [2.05, 4.69) is 72.2 Å². The maximum atomic E-state index is 6.40. The number of aryl methyl sites for hydroxylation is 2. The van der Waals surface area contributed by atoms with Crippen LogP contribution in [-0.4, -0.2) is 0 Å². The largest absolute Gasteiger partial charge is 0.320 e. The fourth-order valence-corrected chi connectivity index (χ4v) is 3.03. The molecule has 0 amide bonds. The van der Waals surface area contributed by atoms with Gasteiger partial charge in [0.25, 0.3) is 0 Å². The van der Waals surface area contributed by atoms with Crippen LogP contribution in [0, 0.1) is 6.92 Å². The van der Waals surface area contributed by atoms with E-state index >= 15 is 0 Å². The number of benzene rings is 2. The van der Waals surface area contributed by atoms with Gasteiger partial charge in [-0.3, -0.25) is 0 Å². The van der Waals surface area contributed by atoms with Crippen LogP contribution in [0.15, 0.2) is 46.9 Å². The van der Waals surface area contributed by atoms with Gasteiger partial charge in [-0.2, -0.15) is 0 Å². The van der Waals surface area contributed by atoms with Crippen LogP contribution < -0.4 is 5.73 Å². The topological polar surface area (TPSA) is 26.0 Å². The van der Waals surface area contributed by atoms with Crippen LogP contribution in [-0.2, 0) is 6.42 Å². The number of nitrogens with two attached hydrogens (primary N) is 1. The quantitative estimate of drug-likeness (QED) is 0.864. The average molecular weight is 318 g/mol. The lowest BCUT2D eigenvalue weighted by atomic mass is 9.96. The molecule has 1 nitrogen and oxygen atoms in total. The normalized spacial score (nSPS) is 12.4. The molecule has 2 aromatic carbocycles. The highest BCUT2D eigenvalue weighted by Crippen LogP contribution is 2.28. The monoisotopic (exact) mass is 317 g/mol. The van der Waals surface area contributed by atoms with Crippen LogP contribution in [0.5, 0.6) is 0 Å². The van der Waals surface area contributed by atoms with Crippen molar-refractivity contribution in [2.45, 2.75) is 32.7 Å². The van der Waals surface area contributed by atoms with E-state index in [0.29, 0.717) is 0 Å². The molecule has 1 unspecified atom stereocenters. The molecule has 0 aliphatic rings. The second-order valence-corrected chi connectivity index (χ2v) is 5.85. The molecule has 2 N–H and O–H groups in total. The summed E-state index contributed by atoms with van der Waals surface area (Å²) in [5, 5.41) is 0. The Morgan fingerprint density at radius 3 is 2.63 bits per heavy atom. The van der Waals surface area contributed by atoms with Crippen molar-refractivity contribution in [2.24, 2.45) is 5.73 Å². The molecule has 0 saturated heterocycles.